The van der Waals surface area contributed by atoms with Gasteiger partial charge >= 0.3 is 0 Å². The van der Waals surface area contributed by atoms with Crippen LogP contribution in [0.4, 0.5) is 0 Å². The predicted octanol–water partition coefficient (Wildman–Crippen LogP) is 3.53. The van der Waals surface area contributed by atoms with Crippen molar-refractivity contribution in [3.8, 4) is 0 Å². The highest BCUT2D eigenvalue weighted by molar-refractivity contribution is 5.90. The standard InChI is InChI=1S/C16H23NO2/c1-12(2)11-19-17-16(18)10-7-14-5-8-15(9-6-14)13(3)4/h5-10,12-13H,11H2,1-4H3,(H,17,18)/b10-7+. The molecule has 0 saturated carbocycles. The van der Waals surface area contributed by atoms with Gasteiger partial charge in [0.2, 0.25) is 0 Å². The average Bonchev–Trinajstić information content (AvgIpc) is 2.36. The van der Waals surface area contributed by atoms with E-state index in [1.807, 2.05) is 26.0 Å². The van der Waals surface area contributed by atoms with Crippen LogP contribution in [0.15, 0.2) is 30.3 Å². The molecule has 0 unspecified atom stereocenters. The summed E-state index contributed by atoms with van der Waals surface area (Å²) in [6.45, 7) is 8.88. The lowest BCUT2D eigenvalue weighted by Crippen LogP contribution is -2.23. The summed E-state index contributed by atoms with van der Waals surface area (Å²) in [6.07, 6.45) is 3.25. The quantitative estimate of drug-likeness (QED) is 0.628. The lowest BCUT2D eigenvalue weighted by atomic mass is 10.0. The van der Waals surface area contributed by atoms with Gasteiger partial charge in [-0.2, -0.15) is 0 Å². The van der Waals surface area contributed by atoms with Gasteiger partial charge in [0.1, 0.15) is 0 Å². The summed E-state index contributed by atoms with van der Waals surface area (Å²) in [6, 6.07) is 8.18. The van der Waals surface area contributed by atoms with Crippen molar-refractivity contribution < 1.29 is 9.63 Å². The SMILES string of the molecule is CC(C)CONC(=O)/C=C/c1ccc(C(C)C)cc1. The van der Waals surface area contributed by atoms with Crippen LogP contribution in [0.1, 0.15) is 44.7 Å². The minimum absolute atomic E-state index is 0.242. The number of benzene rings is 1. The van der Waals surface area contributed by atoms with Crippen LogP contribution in [0, 0.1) is 5.92 Å². The van der Waals surface area contributed by atoms with Gasteiger partial charge in [0, 0.05) is 6.08 Å². The molecule has 0 bridgehead atoms. The Balaban J connectivity index is 2.45. The van der Waals surface area contributed by atoms with Crippen LogP contribution in [0.25, 0.3) is 6.08 Å². The number of amides is 1. The van der Waals surface area contributed by atoms with E-state index >= 15 is 0 Å². The topological polar surface area (TPSA) is 38.3 Å². The molecule has 1 aromatic rings. The maximum atomic E-state index is 11.5. The van der Waals surface area contributed by atoms with E-state index in [0.717, 1.165) is 5.56 Å². The van der Waals surface area contributed by atoms with Crippen LogP contribution < -0.4 is 5.48 Å². The molecule has 1 aromatic carbocycles. The molecule has 0 aromatic heterocycles. The lowest BCUT2D eigenvalue weighted by Gasteiger charge is -2.06. The maximum Gasteiger partial charge on any atom is 0.267 e. The molecule has 19 heavy (non-hydrogen) atoms. The molecule has 104 valence electrons. The molecule has 0 atom stereocenters. The Labute approximate surface area is 115 Å². The third-order valence-corrected chi connectivity index (χ3v) is 2.62. The number of nitrogens with one attached hydrogen (secondary N) is 1. The monoisotopic (exact) mass is 261 g/mol. The van der Waals surface area contributed by atoms with Gasteiger partial charge in [-0.05, 0) is 29.0 Å². The number of carbonyl (C=O) groups excluding carboxylic acids is 1. The average molecular weight is 261 g/mol. The van der Waals surface area contributed by atoms with Crippen LogP contribution in [0.5, 0.6) is 0 Å². The van der Waals surface area contributed by atoms with E-state index in [1.54, 1.807) is 6.08 Å². The maximum absolute atomic E-state index is 11.5. The normalized spacial score (nSPS) is 11.5. The summed E-state index contributed by atoms with van der Waals surface area (Å²) in [5, 5.41) is 0. The summed E-state index contributed by atoms with van der Waals surface area (Å²) in [4.78, 5) is 16.5. The zero-order valence-corrected chi connectivity index (χ0v) is 12.1. The highest BCUT2D eigenvalue weighted by Crippen LogP contribution is 2.15. The summed E-state index contributed by atoms with van der Waals surface area (Å²) >= 11 is 0. The van der Waals surface area contributed by atoms with Gasteiger partial charge < -0.3 is 0 Å². The molecule has 1 N–H and O–H groups in total. The van der Waals surface area contributed by atoms with Crippen molar-refractivity contribution in [2.24, 2.45) is 5.92 Å². The minimum Gasteiger partial charge on any atom is -0.273 e. The smallest absolute Gasteiger partial charge is 0.267 e. The first-order chi connectivity index (χ1) is 8.99. The van der Waals surface area contributed by atoms with Crippen molar-refractivity contribution in [1.82, 2.24) is 5.48 Å². The van der Waals surface area contributed by atoms with Gasteiger partial charge in [-0.25, -0.2) is 5.48 Å². The van der Waals surface area contributed by atoms with E-state index < -0.39 is 0 Å². The van der Waals surface area contributed by atoms with E-state index in [9.17, 15) is 4.79 Å². The van der Waals surface area contributed by atoms with Crippen molar-refractivity contribution >= 4 is 12.0 Å². The molecule has 0 fully saturated rings. The molecular formula is C16H23NO2. The van der Waals surface area contributed by atoms with Crippen LogP contribution in [0.2, 0.25) is 0 Å². The fourth-order valence-corrected chi connectivity index (χ4v) is 1.48. The molecule has 0 aliphatic heterocycles. The number of rotatable bonds is 6. The van der Waals surface area contributed by atoms with Crippen molar-refractivity contribution in [2.75, 3.05) is 6.61 Å². The second-order valence-corrected chi connectivity index (χ2v) is 5.33. The number of hydrogen-bond acceptors (Lipinski definition) is 2. The van der Waals surface area contributed by atoms with Gasteiger partial charge in [-0.3, -0.25) is 9.63 Å². The van der Waals surface area contributed by atoms with Crippen molar-refractivity contribution in [3.63, 3.8) is 0 Å². The van der Waals surface area contributed by atoms with E-state index in [-0.39, 0.29) is 5.91 Å². The number of hydrogen-bond donors (Lipinski definition) is 1. The van der Waals surface area contributed by atoms with Crippen LogP contribution in [-0.2, 0) is 9.63 Å². The molecule has 1 amide bonds. The minimum atomic E-state index is -0.242. The fraction of sp³-hybridized carbons (Fsp3) is 0.438. The van der Waals surface area contributed by atoms with Crippen molar-refractivity contribution in [3.05, 3.63) is 41.5 Å². The Bertz CT molecular complexity index is 419. The first-order valence-corrected chi connectivity index (χ1v) is 6.69. The van der Waals surface area contributed by atoms with E-state index in [0.29, 0.717) is 18.4 Å². The summed E-state index contributed by atoms with van der Waals surface area (Å²) in [5.74, 6) is 0.673. The molecule has 0 heterocycles. The molecule has 1 rings (SSSR count). The summed E-state index contributed by atoms with van der Waals surface area (Å²) in [5.41, 5.74) is 4.68. The number of carbonyl (C=O) groups is 1. The fourth-order valence-electron chi connectivity index (χ4n) is 1.48. The summed E-state index contributed by atoms with van der Waals surface area (Å²) < 4.78 is 0. The van der Waals surface area contributed by atoms with E-state index in [1.165, 1.54) is 11.6 Å². The van der Waals surface area contributed by atoms with Gasteiger partial charge in [0.15, 0.2) is 0 Å². The van der Waals surface area contributed by atoms with Crippen molar-refractivity contribution in [1.29, 1.82) is 0 Å². The molecule has 3 heteroatoms. The van der Waals surface area contributed by atoms with E-state index in [4.69, 9.17) is 4.84 Å². The Kier molecular flexibility index (Phi) is 6.30. The van der Waals surface area contributed by atoms with Gasteiger partial charge in [-0.15, -0.1) is 0 Å². The van der Waals surface area contributed by atoms with Gasteiger partial charge in [0.25, 0.3) is 5.91 Å². The Morgan fingerprint density at radius 3 is 2.37 bits per heavy atom. The zero-order valence-electron chi connectivity index (χ0n) is 12.1. The molecule has 0 spiro atoms. The predicted molar refractivity (Wildman–Crippen MR) is 78.5 cm³/mol. The first-order valence-electron chi connectivity index (χ1n) is 6.69. The Hall–Kier alpha value is -1.61. The van der Waals surface area contributed by atoms with Crippen LogP contribution in [0.3, 0.4) is 0 Å². The number of hydroxylamine groups is 1. The van der Waals surface area contributed by atoms with Crippen LogP contribution >= 0.6 is 0 Å². The Morgan fingerprint density at radius 2 is 1.84 bits per heavy atom. The second-order valence-electron chi connectivity index (χ2n) is 5.33. The molecule has 0 aliphatic carbocycles. The molecule has 3 nitrogen and oxygen atoms in total. The third kappa shape index (κ3) is 6.20. The molecule has 0 radical (unpaired) electrons. The van der Waals surface area contributed by atoms with E-state index in [2.05, 4.69) is 31.5 Å². The highest BCUT2D eigenvalue weighted by atomic mass is 16.6. The highest BCUT2D eigenvalue weighted by Gasteiger charge is 1.99. The molecule has 0 aliphatic rings. The largest absolute Gasteiger partial charge is 0.273 e. The second kappa shape index (κ2) is 7.74. The van der Waals surface area contributed by atoms with Gasteiger partial charge in [-0.1, -0.05) is 52.0 Å². The first kappa shape index (κ1) is 15.4. The molecular weight excluding hydrogens is 238 g/mol. The lowest BCUT2D eigenvalue weighted by molar-refractivity contribution is -0.129. The van der Waals surface area contributed by atoms with Crippen LogP contribution in [-0.4, -0.2) is 12.5 Å². The Morgan fingerprint density at radius 1 is 1.21 bits per heavy atom. The third-order valence-electron chi connectivity index (χ3n) is 2.62. The van der Waals surface area contributed by atoms with Crippen molar-refractivity contribution in [2.45, 2.75) is 33.6 Å². The van der Waals surface area contributed by atoms with Gasteiger partial charge in [0.05, 0.1) is 6.61 Å². The molecule has 0 saturated heterocycles. The summed E-state index contributed by atoms with van der Waals surface area (Å²) in [7, 11) is 0. The zero-order chi connectivity index (χ0) is 14.3.